The molecule has 1 atom stereocenters. The Balaban J connectivity index is 1.78. The number of amides is 1. The van der Waals surface area contributed by atoms with Crippen LogP contribution in [0.5, 0.6) is 11.5 Å². The summed E-state index contributed by atoms with van der Waals surface area (Å²) in [6.07, 6.45) is -4.05. The third-order valence-corrected chi connectivity index (χ3v) is 6.48. The van der Waals surface area contributed by atoms with Crippen molar-refractivity contribution in [3.05, 3.63) is 23.2 Å². The Kier molecular flexibility index (Phi) is 6.71. The standard InChI is InChI=1S/C17H19F3N4O5S2/c1-9(2)13(14(25)21-16-23-22-15(30-16)17(18,19)20)24-31(26,27)10-4-5-11-12(8-10)29-7-3-6-28-11/h4-5,8-9,13,24H,3,6-7H2,1-2H3,(H,21,23,25). The lowest BCUT2D eigenvalue weighted by Gasteiger charge is -2.21. The van der Waals surface area contributed by atoms with Gasteiger partial charge in [-0.05, 0) is 18.1 Å². The molecule has 0 saturated carbocycles. The average molecular weight is 480 g/mol. The fourth-order valence-electron chi connectivity index (χ4n) is 2.61. The van der Waals surface area contributed by atoms with Gasteiger partial charge >= 0.3 is 6.18 Å². The number of carbonyl (C=O) groups excluding carboxylic acids is 1. The van der Waals surface area contributed by atoms with Crippen LogP contribution in [0.4, 0.5) is 18.3 Å². The summed E-state index contributed by atoms with van der Waals surface area (Å²) in [5.41, 5.74) is 0. The third kappa shape index (κ3) is 5.62. The van der Waals surface area contributed by atoms with Crippen molar-refractivity contribution in [1.29, 1.82) is 0 Å². The minimum Gasteiger partial charge on any atom is -0.490 e. The number of nitrogens with zero attached hydrogens (tertiary/aromatic N) is 2. The van der Waals surface area contributed by atoms with E-state index < -0.39 is 44.2 Å². The molecule has 0 fully saturated rings. The van der Waals surface area contributed by atoms with E-state index in [9.17, 15) is 26.4 Å². The van der Waals surface area contributed by atoms with Crippen LogP contribution in [0.3, 0.4) is 0 Å². The molecule has 0 aliphatic carbocycles. The molecule has 2 aromatic rings. The van der Waals surface area contributed by atoms with Gasteiger partial charge in [-0.2, -0.15) is 17.9 Å². The molecule has 9 nitrogen and oxygen atoms in total. The number of hydrogen-bond acceptors (Lipinski definition) is 8. The summed E-state index contributed by atoms with van der Waals surface area (Å²) >= 11 is 0.142. The van der Waals surface area contributed by atoms with E-state index in [1.165, 1.54) is 18.2 Å². The van der Waals surface area contributed by atoms with Crippen molar-refractivity contribution >= 4 is 32.4 Å². The Morgan fingerprint density at radius 1 is 1.16 bits per heavy atom. The van der Waals surface area contributed by atoms with Gasteiger partial charge in [0.2, 0.25) is 26.1 Å². The Labute approximate surface area is 180 Å². The first-order valence-electron chi connectivity index (χ1n) is 9.11. The monoisotopic (exact) mass is 480 g/mol. The second-order valence-electron chi connectivity index (χ2n) is 6.90. The van der Waals surface area contributed by atoms with E-state index in [-0.39, 0.29) is 22.0 Å². The number of anilines is 1. The summed E-state index contributed by atoms with van der Waals surface area (Å²) in [6, 6.07) is 2.78. The van der Waals surface area contributed by atoms with E-state index in [0.29, 0.717) is 25.4 Å². The van der Waals surface area contributed by atoms with Gasteiger partial charge < -0.3 is 9.47 Å². The summed E-state index contributed by atoms with van der Waals surface area (Å²) < 4.78 is 76.9. The number of alkyl halides is 3. The second-order valence-corrected chi connectivity index (χ2v) is 9.59. The van der Waals surface area contributed by atoms with E-state index >= 15 is 0 Å². The molecule has 1 aliphatic heterocycles. The molecule has 31 heavy (non-hydrogen) atoms. The molecule has 1 aliphatic rings. The predicted octanol–water partition coefficient (Wildman–Crippen LogP) is 2.66. The summed E-state index contributed by atoms with van der Waals surface area (Å²) in [5.74, 6) is -0.714. The molecular formula is C17H19F3N4O5S2. The number of sulfonamides is 1. The first-order chi connectivity index (χ1) is 14.5. The smallest absolute Gasteiger partial charge is 0.445 e. The summed E-state index contributed by atoms with van der Waals surface area (Å²) in [7, 11) is -4.16. The molecule has 0 spiro atoms. The van der Waals surface area contributed by atoms with Crippen LogP contribution in [0.15, 0.2) is 23.1 Å². The molecule has 1 unspecified atom stereocenters. The van der Waals surface area contributed by atoms with Crippen LogP contribution >= 0.6 is 11.3 Å². The van der Waals surface area contributed by atoms with Crippen molar-refractivity contribution in [1.82, 2.24) is 14.9 Å². The predicted molar refractivity (Wildman–Crippen MR) is 105 cm³/mol. The Morgan fingerprint density at radius 3 is 2.45 bits per heavy atom. The second kappa shape index (κ2) is 8.96. The molecule has 1 amide bonds. The summed E-state index contributed by atoms with van der Waals surface area (Å²) in [6.45, 7) is 3.97. The van der Waals surface area contributed by atoms with Crippen LogP contribution in [-0.4, -0.2) is 43.8 Å². The van der Waals surface area contributed by atoms with Crippen LogP contribution in [0, 0.1) is 5.92 Å². The molecule has 14 heteroatoms. The first kappa shape index (κ1) is 23.2. The van der Waals surface area contributed by atoms with Gasteiger partial charge in [-0.1, -0.05) is 25.2 Å². The largest absolute Gasteiger partial charge is 0.490 e. The van der Waals surface area contributed by atoms with Crippen molar-refractivity contribution in [3.63, 3.8) is 0 Å². The van der Waals surface area contributed by atoms with Gasteiger partial charge in [-0.15, -0.1) is 10.2 Å². The SMILES string of the molecule is CC(C)C(NS(=O)(=O)c1ccc2c(c1)OCCCO2)C(=O)Nc1nnc(C(F)(F)F)s1. The van der Waals surface area contributed by atoms with Crippen LogP contribution < -0.4 is 19.5 Å². The zero-order chi connectivity index (χ0) is 22.8. The van der Waals surface area contributed by atoms with Crippen LogP contribution in [-0.2, 0) is 21.0 Å². The first-order valence-corrected chi connectivity index (χ1v) is 11.4. The van der Waals surface area contributed by atoms with Crippen LogP contribution in [0.1, 0.15) is 25.3 Å². The lowest BCUT2D eigenvalue weighted by molar-refractivity contribution is -0.138. The van der Waals surface area contributed by atoms with Crippen molar-refractivity contribution in [2.45, 2.75) is 37.4 Å². The zero-order valence-electron chi connectivity index (χ0n) is 16.4. The number of halogens is 3. The molecule has 1 aromatic heterocycles. The van der Waals surface area contributed by atoms with Gasteiger partial charge in [0.15, 0.2) is 11.5 Å². The van der Waals surface area contributed by atoms with Gasteiger partial charge in [0, 0.05) is 12.5 Å². The quantitative estimate of drug-likeness (QED) is 0.652. The van der Waals surface area contributed by atoms with Gasteiger partial charge in [0.25, 0.3) is 0 Å². The molecule has 0 saturated heterocycles. The average Bonchev–Trinajstić information content (AvgIpc) is 3.02. The number of nitrogens with one attached hydrogen (secondary N) is 2. The lowest BCUT2D eigenvalue weighted by Crippen LogP contribution is -2.47. The van der Waals surface area contributed by atoms with Crippen molar-refractivity contribution in [2.24, 2.45) is 5.92 Å². The van der Waals surface area contributed by atoms with Crippen molar-refractivity contribution in [2.75, 3.05) is 18.5 Å². The minimum atomic E-state index is -4.70. The molecule has 1 aromatic carbocycles. The normalized spacial score (nSPS) is 15.4. The number of benzene rings is 1. The lowest BCUT2D eigenvalue weighted by atomic mass is 10.1. The van der Waals surface area contributed by atoms with E-state index in [1.807, 2.05) is 0 Å². The van der Waals surface area contributed by atoms with Crippen molar-refractivity contribution in [3.8, 4) is 11.5 Å². The highest BCUT2D eigenvalue weighted by atomic mass is 32.2. The summed E-state index contributed by atoms with van der Waals surface area (Å²) in [4.78, 5) is 12.4. The zero-order valence-corrected chi connectivity index (χ0v) is 18.0. The van der Waals surface area contributed by atoms with E-state index in [2.05, 4.69) is 20.2 Å². The number of hydrogen-bond donors (Lipinski definition) is 2. The molecule has 2 heterocycles. The maximum absolute atomic E-state index is 12.8. The van der Waals surface area contributed by atoms with Crippen LogP contribution in [0.2, 0.25) is 0 Å². The topological polar surface area (TPSA) is 120 Å². The van der Waals surface area contributed by atoms with E-state index in [1.54, 1.807) is 13.8 Å². The van der Waals surface area contributed by atoms with Gasteiger partial charge in [-0.25, -0.2) is 8.42 Å². The highest BCUT2D eigenvalue weighted by Crippen LogP contribution is 2.34. The van der Waals surface area contributed by atoms with Gasteiger partial charge in [0.05, 0.1) is 18.1 Å². The van der Waals surface area contributed by atoms with Crippen molar-refractivity contribution < 1.29 is 35.9 Å². The van der Waals surface area contributed by atoms with Gasteiger partial charge in [0.1, 0.15) is 6.04 Å². The van der Waals surface area contributed by atoms with Crippen LogP contribution in [0.25, 0.3) is 0 Å². The maximum Gasteiger partial charge on any atom is 0.445 e. The number of aromatic nitrogens is 2. The highest BCUT2D eigenvalue weighted by molar-refractivity contribution is 7.89. The van der Waals surface area contributed by atoms with Gasteiger partial charge in [-0.3, -0.25) is 10.1 Å². The number of rotatable bonds is 6. The highest BCUT2D eigenvalue weighted by Gasteiger charge is 2.36. The summed E-state index contributed by atoms with van der Waals surface area (Å²) in [5, 5.41) is 6.83. The molecule has 3 rings (SSSR count). The van der Waals surface area contributed by atoms with E-state index in [0.717, 1.165) is 0 Å². The number of carbonyl (C=O) groups is 1. The fourth-order valence-corrected chi connectivity index (χ4v) is 4.58. The maximum atomic E-state index is 12.8. The number of ether oxygens (including phenoxy) is 2. The molecule has 2 N–H and O–H groups in total. The minimum absolute atomic E-state index is 0.142. The Morgan fingerprint density at radius 2 is 1.84 bits per heavy atom. The Bertz CT molecular complexity index is 1060. The Hall–Kier alpha value is -2.45. The molecule has 0 radical (unpaired) electrons. The van der Waals surface area contributed by atoms with E-state index in [4.69, 9.17) is 9.47 Å². The third-order valence-electron chi connectivity index (χ3n) is 4.16. The fraction of sp³-hybridized carbons (Fsp3) is 0.471. The molecular weight excluding hydrogens is 461 g/mol. The molecule has 170 valence electrons. The number of fused-ring (bicyclic) bond motifs is 1. The molecule has 0 bridgehead atoms.